The molecule has 0 aromatic heterocycles. The van der Waals surface area contributed by atoms with Gasteiger partial charge in [0.05, 0.1) is 13.2 Å². The Kier molecular flexibility index (Phi) is 5.05. The highest BCUT2D eigenvalue weighted by Crippen LogP contribution is 2.22. The van der Waals surface area contributed by atoms with Gasteiger partial charge in [0.15, 0.2) is 0 Å². The molecule has 1 atom stereocenters. The molecule has 1 saturated heterocycles. The molecule has 1 aromatic carbocycles. The van der Waals surface area contributed by atoms with E-state index in [4.69, 9.17) is 9.84 Å². The Labute approximate surface area is 130 Å². The zero-order chi connectivity index (χ0) is 16.2. The van der Waals surface area contributed by atoms with Gasteiger partial charge in [0.25, 0.3) is 0 Å². The van der Waals surface area contributed by atoms with E-state index in [0.29, 0.717) is 31.0 Å². The van der Waals surface area contributed by atoms with Gasteiger partial charge in [-0.1, -0.05) is 12.6 Å². The average molecular weight is 306 g/mol. The minimum atomic E-state index is -1.19. The summed E-state index contributed by atoms with van der Waals surface area (Å²) in [6.07, 6.45) is 0.374. The van der Waals surface area contributed by atoms with Gasteiger partial charge in [0, 0.05) is 18.3 Å². The van der Waals surface area contributed by atoms with Crippen LogP contribution < -0.4 is 10.1 Å². The van der Waals surface area contributed by atoms with Crippen molar-refractivity contribution < 1.29 is 19.7 Å². The number of ether oxygens (including phenoxy) is 1. The second-order valence-corrected chi connectivity index (χ2v) is 5.76. The van der Waals surface area contributed by atoms with Crippen LogP contribution in [0.25, 0.3) is 0 Å². The molecule has 120 valence electrons. The van der Waals surface area contributed by atoms with Crippen LogP contribution in [0.5, 0.6) is 5.75 Å². The van der Waals surface area contributed by atoms with Crippen molar-refractivity contribution in [2.45, 2.75) is 18.9 Å². The molecule has 22 heavy (non-hydrogen) atoms. The fourth-order valence-corrected chi connectivity index (χ4v) is 2.23. The lowest BCUT2D eigenvalue weighted by atomic mass is 10.1. The summed E-state index contributed by atoms with van der Waals surface area (Å²) < 4.78 is 5.53. The van der Waals surface area contributed by atoms with Crippen LogP contribution in [0.4, 0.5) is 10.5 Å². The van der Waals surface area contributed by atoms with Crippen molar-refractivity contribution in [3.63, 3.8) is 0 Å². The second kappa shape index (κ2) is 6.81. The lowest BCUT2D eigenvalue weighted by Gasteiger charge is -2.21. The molecule has 3 N–H and O–H groups in total. The number of carbonyl (C=O) groups excluding carboxylic acids is 1. The molecule has 0 aliphatic carbocycles. The lowest BCUT2D eigenvalue weighted by Crippen LogP contribution is -2.40. The van der Waals surface area contributed by atoms with E-state index in [1.165, 1.54) is 4.90 Å². The van der Waals surface area contributed by atoms with Crippen molar-refractivity contribution in [2.75, 3.05) is 31.6 Å². The van der Waals surface area contributed by atoms with Gasteiger partial charge in [-0.15, -0.1) is 0 Å². The fourth-order valence-electron chi connectivity index (χ4n) is 2.23. The summed E-state index contributed by atoms with van der Waals surface area (Å²) in [6, 6.07) is 6.78. The Morgan fingerprint density at radius 1 is 1.55 bits per heavy atom. The van der Waals surface area contributed by atoms with E-state index in [1.807, 2.05) is 6.92 Å². The number of carbonyl (C=O) groups is 1. The number of likely N-dealkylation sites (tertiary alicyclic amines) is 1. The van der Waals surface area contributed by atoms with Crippen molar-refractivity contribution in [3.8, 4) is 5.75 Å². The van der Waals surface area contributed by atoms with Gasteiger partial charge in [0.2, 0.25) is 0 Å². The van der Waals surface area contributed by atoms with E-state index in [0.717, 1.165) is 5.57 Å². The van der Waals surface area contributed by atoms with Gasteiger partial charge in [0.1, 0.15) is 18.0 Å². The number of hydrogen-bond donors (Lipinski definition) is 3. The number of benzene rings is 1. The van der Waals surface area contributed by atoms with E-state index in [2.05, 4.69) is 11.9 Å². The molecule has 6 heteroatoms. The number of nitrogens with zero attached hydrogens (tertiary/aromatic N) is 1. The average Bonchev–Trinajstić information content (AvgIpc) is 2.89. The first-order chi connectivity index (χ1) is 10.4. The maximum atomic E-state index is 12.2. The molecule has 1 aliphatic heterocycles. The summed E-state index contributed by atoms with van der Waals surface area (Å²) in [6.45, 7) is 6.26. The first-order valence-corrected chi connectivity index (χ1v) is 7.18. The lowest BCUT2D eigenvalue weighted by molar-refractivity contribution is -0.00246. The number of hydrogen-bond acceptors (Lipinski definition) is 4. The molecule has 1 heterocycles. The molecule has 1 aliphatic rings. The number of rotatable bonds is 5. The molecule has 2 rings (SSSR count). The summed E-state index contributed by atoms with van der Waals surface area (Å²) in [5.74, 6) is 0.647. The maximum Gasteiger partial charge on any atom is 0.321 e. The van der Waals surface area contributed by atoms with Crippen LogP contribution in [-0.4, -0.2) is 53.0 Å². The van der Waals surface area contributed by atoms with E-state index in [9.17, 15) is 9.90 Å². The van der Waals surface area contributed by atoms with E-state index in [1.54, 1.807) is 24.3 Å². The van der Waals surface area contributed by atoms with Gasteiger partial charge in [-0.25, -0.2) is 4.79 Å². The van der Waals surface area contributed by atoms with Crippen molar-refractivity contribution >= 4 is 11.7 Å². The third kappa shape index (κ3) is 4.22. The molecule has 1 aromatic rings. The van der Waals surface area contributed by atoms with Gasteiger partial charge in [-0.2, -0.15) is 0 Å². The molecule has 0 spiro atoms. The van der Waals surface area contributed by atoms with Gasteiger partial charge < -0.3 is 25.2 Å². The van der Waals surface area contributed by atoms with Crippen LogP contribution in [0, 0.1) is 0 Å². The molecule has 1 fully saturated rings. The largest absolute Gasteiger partial charge is 0.489 e. The Bertz CT molecular complexity index is 561. The Balaban J connectivity index is 1.94. The number of nitrogens with one attached hydrogen (secondary N) is 1. The summed E-state index contributed by atoms with van der Waals surface area (Å²) in [4.78, 5) is 13.6. The van der Waals surface area contributed by atoms with Gasteiger partial charge in [-0.05, 0) is 31.1 Å². The number of anilines is 1. The van der Waals surface area contributed by atoms with Crippen molar-refractivity contribution in [1.82, 2.24) is 4.90 Å². The summed E-state index contributed by atoms with van der Waals surface area (Å²) in [5, 5.41) is 21.8. The summed E-state index contributed by atoms with van der Waals surface area (Å²) >= 11 is 0. The van der Waals surface area contributed by atoms with Crippen LogP contribution in [-0.2, 0) is 0 Å². The number of urea groups is 1. The zero-order valence-corrected chi connectivity index (χ0v) is 12.7. The van der Waals surface area contributed by atoms with Crippen LogP contribution in [0.2, 0.25) is 0 Å². The third-order valence-electron chi connectivity index (χ3n) is 3.48. The topological polar surface area (TPSA) is 82.0 Å². The maximum absolute atomic E-state index is 12.2. The predicted octanol–water partition coefficient (Wildman–Crippen LogP) is 1.60. The monoisotopic (exact) mass is 306 g/mol. The molecule has 0 unspecified atom stereocenters. The molecule has 6 nitrogen and oxygen atoms in total. The fraction of sp³-hybridized carbons (Fsp3) is 0.438. The predicted molar refractivity (Wildman–Crippen MR) is 84.0 cm³/mol. The van der Waals surface area contributed by atoms with Gasteiger partial charge >= 0.3 is 6.03 Å². The van der Waals surface area contributed by atoms with Crippen LogP contribution >= 0.6 is 0 Å². The Hall–Kier alpha value is -2.05. The number of amides is 2. The molecule has 0 bridgehead atoms. The van der Waals surface area contributed by atoms with E-state index >= 15 is 0 Å². The summed E-state index contributed by atoms with van der Waals surface area (Å²) in [5.41, 5.74) is 0.336. The first kappa shape index (κ1) is 16.3. The zero-order valence-electron chi connectivity index (χ0n) is 12.7. The molecular weight excluding hydrogens is 284 g/mol. The van der Waals surface area contributed by atoms with Gasteiger partial charge in [-0.3, -0.25) is 0 Å². The van der Waals surface area contributed by atoms with E-state index in [-0.39, 0.29) is 19.2 Å². The molecule has 0 radical (unpaired) electrons. The Morgan fingerprint density at radius 3 is 2.95 bits per heavy atom. The number of aliphatic hydroxyl groups excluding tert-OH is 1. The van der Waals surface area contributed by atoms with Crippen molar-refractivity contribution in [1.29, 1.82) is 0 Å². The quantitative estimate of drug-likeness (QED) is 0.722. The minimum Gasteiger partial charge on any atom is -0.489 e. The number of β-amino-alcohol motifs (C(OH)–C–C–N with tert-alkyl or cyclic N) is 1. The smallest absolute Gasteiger partial charge is 0.321 e. The minimum absolute atomic E-state index is 0.126. The third-order valence-corrected chi connectivity index (χ3v) is 3.48. The standard InChI is InChI=1S/C16H22N2O4/c1-12(2)9-22-14-5-3-4-13(8-14)17-15(20)18-7-6-16(21,10-18)11-19/h3-5,8,19,21H,1,6-7,9-11H2,2H3,(H,17,20)/t16-/m0/s1. The Morgan fingerprint density at radius 2 is 2.32 bits per heavy atom. The van der Waals surface area contributed by atoms with E-state index < -0.39 is 5.60 Å². The highest BCUT2D eigenvalue weighted by molar-refractivity contribution is 5.89. The SMILES string of the molecule is C=C(C)COc1cccc(NC(=O)N2CC[C@@](O)(CO)C2)c1. The molecule has 0 saturated carbocycles. The second-order valence-electron chi connectivity index (χ2n) is 5.76. The van der Waals surface area contributed by atoms with Crippen molar-refractivity contribution in [2.24, 2.45) is 0 Å². The van der Waals surface area contributed by atoms with Crippen LogP contribution in [0.15, 0.2) is 36.4 Å². The normalized spacial score (nSPS) is 20.8. The van der Waals surface area contributed by atoms with Crippen molar-refractivity contribution in [3.05, 3.63) is 36.4 Å². The van der Waals surface area contributed by atoms with Crippen LogP contribution in [0.1, 0.15) is 13.3 Å². The van der Waals surface area contributed by atoms with Crippen LogP contribution in [0.3, 0.4) is 0 Å². The highest BCUT2D eigenvalue weighted by Gasteiger charge is 2.37. The molecular formula is C16H22N2O4. The number of aliphatic hydroxyl groups is 2. The highest BCUT2D eigenvalue weighted by atomic mass is 16.5. The molecule has 2 amide bonds. The first-order valence-electron chi connectivity index (χ1n) is 7.18. The summed E-state index contributed by atoms with van der Waals surface area (Å²) in [7, 11) is 0.